The van der Waals surface area contributed by atoms with Crippen LogP contribution >= 0.6 is 11.3 Å². The van der Waals surface area contributed by atoms with Crippen LogP contribution in [-0.2, 0) is 12.8 Å². The Morgan fingerprint density at radius 2 is 1.86 bits per heavy atom. The predicted molar refractivity (Wildman–Crippen MR) is 92.2 cm³/mol. The normalized spacial score (nSPS) is 16.1. The van der Waals surface area contributed by atoms with Crippen LogP contribution in [-0.4, -0.2) is 6.54 Å². The molecule has 0 bridgehead atoms. The smallest absolute Gasteiger partial charge is 0.0452 e. The van der Waals surface area contributed by atoms with Gasteiger partial charge in [-0.1, -0.05) is 31.2 Å². The molecule has 0 amide bonds. The number of aryl methyl sites for hydroxylation is 2. The van der Waals surface area contributed by atoms with Crippen LogP contribution in [0.5, 0.6) is 0 Å². The Kier molecular flexibility index (Phi) is 4.46. The zero-order chi connectivity index (χ0) is 14.8. The van der Waals surface area contributed by atoms with Gasteiger partial charge in [0.05, 0.1) is 0 Å². The lowest BCUT2D eigenvalue weighted by atomic mass is 9.93. The summed E-state index contributed by atoms with van der Waals surface area (Å²) in [6.07, 6.45) is 3.63. The first kappa shape index (κ1) is 14.8. The summed E-state index contributed by atoms with van der Waals surface area (Å²) >= 11 is 1.98. The number of fused-ring (bicyclic) bond motifs is 1. The van der Waals surface area contributed by atoms with Gasteiger partial charge in [-0.25, -0.2) is 0 Å². The van der Waals surface area contributed by atoms with Crippen molar-refractivity contribution in [2.24, 2.45) is 5.92 Å². The van der Waals surface area contributed by atoms with Crippen molar-refractivity contribution in [1.82, 2.24) is 5.32 Å². The molecule has 2 aromatic rings. The number of hydrogen-bond acceptors (Lipinski definition) is 2. The van der Waals surface area contributed by atoms with E-state index < -0.39 is 0 Å². The first-order valence-corrected chi connectivity index (χ1v) is 8.87. The second-order valence-electron chi connectivity index (χ2n) is 6.27. The topological polar surface area (TPSA) is 12.0 Å². The molecule has 2 heteroatoms. The fraction of sp³-hybridized carbons (Fsp3) is 0.474. The lowest BCUT2D eigenvalue weighted by Crippen LogP contribution is -2.29. The molecule has 1 aromatic heterocycles. The van der Waals surface area contributed by atoms with Gasteiger partial charge in [-0.15, -0.1) is 11.3 Å². The molecule has 1 aliphatic carbocycles. The summed E-state index contributed by atoms with van der Waals surface area (Å²) in [4.78, 5) is 2.99. The van der Waals surface area contributed by atoms with E-state index >= 15 is 0 Å². The molecule has 0 spiro atoms. The number of hydrogen-bond donors (Lipinski definition) is 1. The summed E-state index contributed by atoms with van der Waals surface area (Å²) < 4.78 is 0. The monoisotopic (exact) mass is 299 g/mol. The van der Waals surface area contributed by atoms with Crippen molar-refractivity contribution < 1.29 is 0 Å². The lowest BCUT2D eigenvalue weighted by Gasteiger charge is -2.25. The summed E-state index contributed by atoms with van der Waals surface area (Å²) in [5.74, 6) is 0.700. The van der Waals surface area contributed by atoms with Crippen LogP contribution in [0.3, 0.4) is 0 Å². The Morgan fingerprint density at radius 1 is 1.19 bits per heavy atom. The van der Waals surface area contributed by atoms with Crippen molar-refractivity contribution in [3.63, 3.8) is 0 Å². The largest absolute Gasteiger partial charge is 0.309 e. The molecule has 1 unspecified atom stereocenters. The van der Waals surface area contributed by atoms with E-state index in [9.17, 15) is 0 Å². The first-order chi connectivity index (χ1) is 10.2. The zero-order valence-corrected chi connectivity index (χ0v) is 14.1. The molecule has 1 heterocycles. The maximum absolute atomic E-state index is 3.83. The number of rotatable bonds is 5. The van der Waals surface area contributed by atoms with Crippen molar-refractivity contribution >= 4 is 11.3 Å². The van der Waals surface area contributed by atoms with Gasteiger partial charge in [-0.3, -0.25) is 0 Å². The number of nitrogens with one attached hydrogen (secondary N) is 1. The standard InChI is InChI=1S/C19H25NS/c1-4-9-20-18(19-13(2)10-14(3)21-19)17-11-15-7-5-6-8-16(15)12-17/h5-8,10,17-18,20H,4,9,11-12H2,1-3H3. The molecule has 0 saturated heterocycles. The third-order valence-corrected chi connectivity index (χ3v) is 5.77. The molecule has 1 N–H and O–H groups in total. The molecule has 0 saturated carbocycles. The fourth-order valence-electron chi connectivity index (χ4n) is 3.57. The molecular formula is C19H25NS. The van der Waals surface area contributed by atoms with Crippen molar-refractivity contribution in [1.29, 1.82) is 0 Å². The van der Waals surface area contributed by atoms with Gasteiger partial charge in [0.2, 0.25) is 0 Å². The summed E-state index contributed by atoms with van der Waals surface area (Å²) in [7, 11) is 0. The van der Waals surface area contributed by atoms with Crippen molar-refractivity contribution in [3.05, 3.63) is 56.8 Å². The Hall–Kier alpha value is -1.12. The SMILES string of the molecule is CCCNC(c1sc(C)cc1C)C1Cc2ccccc2C1. The molecule has 3 rings (SSSR count). The van der Waals surface area contributed by atoms with E-state index in [2.05, 4.69) is 56.4 Å². The highest BCUT2D eigenvalue weighted by Gasteiger charge is 2.30. The van der Waals surface area contributed by atoms with Gasteiger partial charge in [0, 0.05) is 15.8 Å². The first-order valence-electron chi connectivity index (χ1n) is 8.06. The minimum atomic E-state index is 0.510. The average molecular weight is 299 g/mol. The van der Waals surface area contributed by atoms with Crippen LogP contribution in [0, 0.1) is 19.8 Å². The molecule has 1 aromatic carbocycles. The van der Waals surface area contributed by atoms with Gasteiger partial charge < -0.3 is 5.32 Å². The second-order valence-corrected chi connectivity index (χ2v) is 7.56. The molecule has 1 nitrogen and oxygen atoms in total. The minimum Gasteiger partial charge on any atom is -0.309 e. The quantitative estimate of drug-likeness (QED) is 0.834. The van der Waals surface area contributed by atoms with Crippen LogP contribution in [0.15, 0.2) is 30.3 Å². The summed E-state index contributed by atoms with van der Waals surface area (Å²) in [5, 5.41) is 3.83. The number of thiophene rings is 1. The van der Waals surface area contributed by atoms with E-state index in [1.807, 2.05) is 11.3 Å². The van der Waals surface area contributed by atoms with Gasteiger partial charge in [0.15, 0.2) is 0 Å². The summed E-state index contributed by atoms with van der Waals surface area (Å²) in [6, 6.07) is 11.8. The van der Waals surface area contributed by atoms with Crippen LogP contribution in [0.4, 0.5) is 0 Å². The average Bonchev–Trinajstić information content (AvgIpc) is 3.03. The number of benzene rings is 1. The Morgan fingerprint density at radius 3 is 2.38 bits per heavy atom. The predicted octanol–water partition coefficient (Wildman–Crippen LogP) is 4.82. The van der Waals surface area contributed by atoms with Gasteiger partial charge in [-0.05, 0) is 68.3 Å². The molecule has 0 fully saturated rings. The molecule has 0 aliphatic heterocycles. The van der Waals surface area contributed by atoms with Crippen molar-refractivity contribution in [2.45, 2.75) is 46.1 Å². The molecule has 21 heavy (non-hydrogen) atoms. The maximum atomic E-state index is 3.83. The summed E-state index contributed by atoms with van der Waals surface area (Å²) in [6.45, 7) is 7.84. The van der Waals surface area contributed by atoms with Crippen LogP contribution < -0.4 is 5.32 Å². The van der Waals surface area contributed by atoms with Gasteiger partial charge in [-0.2, -0.15) is 0 Å². The van der Waals surface area contributed by atoms with E-state index in [-0.39, 0.29) is 0 Å². The Balaban J connectivity index is 1.86. The Labute approximate surface area is 132 Å². The Bertz CT molecular complexity index is 589. The van der Waals surface area contributed by atoms with Crippen LogP contribution in [0.25, 0.3) is 0 Å². The van der Waals surface area contributed by atoms with E-state index in [1.54, 1.807) is 16.0 Å². The third-order valence-electron chi connectivity index (χ3n) is 4.53. The van der Waals surface area contributed by atoms with E-state index in [0.29, 0.717) is 12.0 Å². The highest BCUT2D eigenvalue weighted by atomic mass is 32.1. The van der Waals surface area contributed by atoms with Crippen molar-refractivity contribution in [2.75, 3.05) is 6.54 Å². The highest BCUT2D eigenvalue weighted by Crippen LogP contribution is 2.39. The highest BCUT2D eigenvalue weighted by molar-refractivity contribution is 7.12. The summed E-state index contributed by atoms with van der Waals surface area (Å²) in [5.41, 5.74) is 4.57. The van der Waals surface area contributed by atoms with E-state index in [1.165, 1.54) is 29.7 Å². The van der Waals surface area contributed by atoms with E-state index in [0.717, 1.165) is 6.54 Å². The van der Waals surface area contributed by atoms with Gasteiger partial charge >= 0.3 is 0 Å². The third kappa shape index (κ3) is 3.07. The lowest BCUT2D eigenvalue weighted by molar-refractivity contribution is 0.378. The molecule has 1 aliphatic rings. The molecule has 0 radical (unpaired) electrons. The van der Waals surface area contributed by atoms with Crippen molar-refractivity contribution in [3.8, 4) is 0 Å². The minimum absolute atomic E-state index is 0.510. The van der Waals surface area contributed by atoms with E-state index in [4.69, 9.17) is 0 Å². The van der Waals surface area contributed by atoms with Gasteiger partial charge in [0.1, 0.15) is 0 Å². The fourth-order valence-corrected chi connectivity index (χ4v) is 4.78. The van der Waals surface area contributed by atoms with Crippen LogP contribution in [0.1, 0.15) is 45.8 Å². The van der Waals surface area contributed by atoms with Gasteiger partial charge in [0.25, 0.3) is 0 Å². The zero-order valence-electron chi connectivity index (χ0n) is 13.3. The van der Waals surface area contributed by atoms with Crippen LogP contribution in [0.2, 0.25) is 0 Å². The molecule has 112 valence electrons. The molecular weight excluding hydrogens is 274 g/mol. The second kappa shape index (κ2) is 6.33. The molecule has 1 atom stereocenters. The maximum Gasteiger partial charge on any atom is 0.0452 e.